The molecule has 0 unspecified atom stereocenters. The van der Waals surface area contributed by atoms with Gasteiger partial charge in [0.25, 0.3) is 5.69 Å². The molecule has 0 saturated carbocycles. The van der Waals surface area contributed by atoms with Crippen LogP contribution in [-0.2, 0) is 30.3 Å². The largest absolute Gasteiger partial charge is 0.467 e. The summed E-state index contributed by atoms with van der Waals surface area (Å²) in [4.78, 5) is 46.1. The van der Waals surface area contributed by atoms with Crippen molar-refractivity contribution < 1.29 is 28.8 Å². The van der Waals surface area contributed by atoms with E-state index in [1.807, 2.05) is 0 Å². The standard InChI is InChI=1S/C17H22N2O7/c1-17(2,3)26-15(21)10-13(16(22)25-4)18-14(20)9-11-6-5-7-12(8-11)19(23)24/h5-8,13H,9-10H2,1-4H3,(H,18,20)/t13-/m1/s1. The Morgan fingerprint density at radius 1 is 1.27 bits per heavy atom. The SMILES string of the molecule is COC(=O)[C@@H](CC(=O)OC(C)(C)C)NC(=O)Cc1cccc([N+](=O)[O-])c1. The molecule has 0 bridgehead atoms. The second-order valence-corrected chi connectivity index (χ2v) is 6.54. The van der Waals surface area contributed by atoms with E-state index < -0.39 is 34.4 Å². The van der Waals surface area contributed by atoms with E-state index in [0.29, 0.717) is 5.56 Å². The van der Waals surface area contributed by atoms with Crippen LogP contribution in [0.2, 0.25) is 0 Å². The number of amides is 1. The minimum absolute atomic E-state index is 0.145. The number of nitro benzene ring substituents is 1. The molecule has 1 aromatic carbocycles. The highest BCUT2D eigenvalue weighted by molar-refractivity contribution is 5.88. The molecule has 1 atom stereocenters. The zero-order valence-corrected chi connectivity index (χ0v) is 15.1. The molecule has 142 valence electrons. The van der Waals surface area contributed by atoms with Gasteiger partial charge in [0.1, 0.15) is 11.6 Å². The molecule has 0 spiro atoms. The summed E-state index contributed by atoms with van der Waals surface area (Å²) in [6.45, 7) is 5.04. The number of hydrogen-bond acceptors (Lipinski definition) is 7. The fourth-order valence-corrected chi connectivity index (χ4v) is 2.10. The molecule has 0 aromatic heterocycles. The van der Waals surface area contributed by atoms with Gasteiger partial charge in [0.15, 0.2) is 0 Å². The van der Waals surface area contributed by atoms with Crippen LogP contribution in [-0.4, -0.2) is 41.5 Å². The molecule has 9 nitrogen and oxygen atoms in total. The Bertz CT molecular complexity index is 695. The number of rotatable bonds is 7. The maximum absolute atomic E-state index is 12.2. The molecular formula is C17H22N2O7. The second-order valence-electron chi connectivity index (χ2n) is 6.54. The van der Waals surface area contributed by atoms with Crippen molar-refractivity contribution in [3.05, 3.63) is 39.9 Å². The normalized spacial score (nSPS) is 12.0. The first-order chi connectivity index (χ1) is 12.0. The van der Waals surface area contributed by atoms with Crippen LogP contribution >= 0.6 is 0 Å². The Labute approximate surface area is 150 Å². The zero-order valence-electron chi connectivity index (χ0n) is 15.1. The predicted octanol–water partition coefficient (Wildman–Crippen LogP) is 1.53. The van der Waals surface area contributed by atoms with Gasteiger partial charge in [-0.1, -0.05) is 12.1 Å². The number of hydrogen-bond donors (Lipinski definition) is 1. The monoisotopic (exact) mass is 366 g/mol. The van der Waals surface area contributed by atoms with Crippen molar-refractivity contribution in [3.63, 3.8) is 0 Å². The fourth-order valence-electron chi connectivity index (χ4n) is 2.10. The van der Waals surface area contributed by atoms with E-state index in [-0.39, 0.29) is 18.5 Å². The summed E-state index contributed by atoms with van der Waals surface area (Å²) >= 11 is 0. The van der Waals surface area contributed by atoms with Crippen molar-refractivity contribution in [1.82, 2.24) is 5.32 Å². The maximum atomic E-state index is 12.2. The first kappa shape index (κ1) is 21.1. The number of benzene rings is 1. The smallest absolute Gasteiger partial charge is 0.328 e. The van der Waals surface area contributed by atoms with Crippen molar-refractivity contribution in [2.75, 3.05) is 7.11 Å². The number of carbonyl (C=O) groups excluding carboxylic acids is 3. The number of esters is 2. The van der Waals surface area contributed by atoms with Gasteiger partial charge in [-0.15, -0.1) is 0 Å². The predicted molar refractivity (Wildman–Crippen MR) is 91.2 cm³/mol. The van der Waals surface area contributed by atoms with Crippen molar-refractivity contribution >= 4 is 23.5 Å². The third kappa shape index (κ3) is 7.29. The minimum atomic E-state index is -1.21. The zero-order chi connectivity index (χ0) is 19.9. The van der Waals surface area contributed by atoms with E-state index in [2.05, 4.69) is 10.1 Å². The van der Waals surface area contributed by atoms with Gasteiger partial charge in [0.2, 0.25) is 5.91 Å². The molecule has 9 heteroatoms. The van der Waals surface area contributed by atoms with Gasteiger partial charge >= 0.3 is 11.9 Å². The van der Waals surface area contributed by atoms with E-state index in [1.165, 1.54) is 18.2 Å². The number of carbonyl (C=O) groups is 3. The van der Waals surface area contributed by atoms with Crippen LogP contribution in [0.5, 0.6) is 0 Å². The summed E-state index contributed by atoms with van der Waals surface area (Å²) in [7, 11) is 1.14. The quantitative estimate of drug-likeness (QED) is 0.440. The minimum Gasteiger partial charge on any atom is -0.467 e. The molecule has 0 aliphatic heterocycles. The summed E-state index contributed by atoms with van der Waals surface area (Å²) in [5.74, 6) is -2.03. The summed E-state index contributed by atoms with van der Waals surface area (Å²) in [6.07, 6.45) is -0.575. The van der Waals surface area contributed by atoms with Gasteiger partial charge in [-0.3, -0.25) is 19.7 Å². The molecule has 0 radical (unpaired) electrons. The number of nitrogens with one attached hydrogen (secondary N) is 1. The van der Waals surface area contributed by atoms with Crippen LogP contribution in [0.4, 0.5) is 5.69 Å². The lowest BCUT2D eigenvalue weighted by molar-refractivity contribution is -0.384. The fraction of sp³-hybridized carbons (Fsp3) is 0.471. The summed E-state index contributed by atoms with van der Waals surface area (Å²) in [5, 5.41) is 13.2. The van der Waals surface area contributed by atoms with E-state index in [4.69, 9.17) is 4.74 Å². The molecule has 0 fully saturated rings. The molecule has 0 saturated heterocycles. The van der Waals surface area contributed by atoms with Crippen LogP contribution in [0.25, 0.3) is 0 Å². The Hall–Kier alpha value is -2.97. The van der Waals surface area contributed by atoms with Crippen LogP contribution in [0.1, 0.15) is 32.8 Å². The highest BCUT2D eigenvalue weighted by Gasteiger charge is 2.27. The number of non-ortho nitro benzene ring substituents is 1. The molecule has 26 heavy (non-hydrogen) atoms. The number of ether oxygens (including phenoxy) is 2. The number of nitro groups is 1. The second kappa shape index (κ2) is 8.93. The van der Waals surface area contributed by atoms with Gasteiger partial charge in [0, 0.05) is 12.1 Å². The molecule has 1 rings (SSSR count). The highest BCUT2D eigenvalue weighted by Crippen LogP contribution is 2.14. The van der Waals surface area contributed by atoms with Gasteiger partial charge in [-0.05, 0) is 26.3 Å². The van der Waals surface area contributed by atoms with E-state index in [0.717, 1.165) is 7.11 Å². The van der Waals surface area contributed by atoms with Gasteiger partial charge in [-0.2, -0.15) is 0 Å². The maximum Gasteiger partial charge on any atom is 0.328 e. The van der Waals surface area contributed by atoms with Gasteiger partial charge in [0.05, 0.1) is 24.9 Å². The van der Waals surface area contributed by atoms with Crippen molar-refractivity contribution in [2.24, 2.45) is 0 Å². The summed E-state index contributed by atoms with van der Waals surface area (Å²) < 4.78 is 9.73. The Kier molecular flexibility index (Phi) is 7.24. The van der Waals surface area contributed by atoms with Crippen LogP contribution in [0, 0.1) is 10.1 Å². The molecule has 0 aliphatic carbocycles. The molecule has 1 aromatic rings. The highest BCUT2D eigenvalue weighted by atomic mass is 16.6. The number of methoxy groups -OCH3 is 1. The Balaban J connectivity index is 2.77. The van der Waals surface area contributed by atoms with E-state index in [1.54, 1.807) is 26.8 Å². The number of nitrogens with zero attached hydrogens (tertiary/aromatic N) is 1. The summed E-state index contributed by atoms with van der Waals surface area (Å²) in [6, 6.07) is 4.37. The Morgan fingerprint density at radius 3 is 2.46 bits per heavy atom. The first-order valence-corrected chi connectivity index (χ1v) is 7.84. The lowest BCUT2D eigenvalue weighted by atomic mass is 10.1. The van der Waals surface area contributed by atoms with Gasteiger partial charge in [-0.25, -0.2) is 4.79 Å². The molecule has 1 N–H and O–H groups in total. The van der Waals surface area contributed by atoms with Crippen LogP contribution in [0.3, 0.4) is 0 Å². The first-order valence-electron chi connectivity index (χ1n) is 7.84. The molecule has 0 heterocycles. The molecule has 0 aliphatic rings. The van der Waals surface area contributed by atoms with Crippen molar-refractivity contribution in [2.45, 2.75) is 45.3 Å². The average Bonchev–Trinajstić information content (AvgIpc) is 2.51. The molecule has 1 amide bonds. The average molecular weight is 366 g/mol. The van der Waals surface area contributed by atoms with Crippen molar-refractivity contribution in [3.8, 4) is 0 Å². The lowest BCUT2D eigenvalue weighted by Crippen LogP contribution is -2.44. The molecular weight excluding hydrogens is 344 g/mol. The lowest BCUT2D eigenvalue weighted by Gasteiger charge is -2.22. The summed E-state index contributed by atoms with van der Waals surface area (Å²) in [5.41, 5.74) is -0.476. The van der Waals surface area contributed by atoms with Crippen LogP contribution < -0.4 is 5.32 Å². The van der Waals surface area contributed by atoms with E-state index in [9.17, 15) is 24.5 Å². The third-order valence-electron chi connectivity index (χ3n) is 3.10. The Morgan fingerprint density at radius 2 is 1.92 bits per heavy atom. The van der Waals surface area contributed by atoms with Gasteiger partial charge < -0.3 is 14.8 Å². The van der Waals surface area contributed by atoms with Crippen molar-refractivity contribution in [1.29, 1.82) is 0 Å². The third-order valence-corrected chi connectivity index (χ3v) is 3.10. The topological polar surface area (TPSA) is 125 Å². The van der Waals surface area contributed by atoms with Crippen LogP contribution in [0.15, 0.2) is 24.3 Å². The van der Waals surface area contributed by atoms with E-state index >= 15 is 0 Å².